The number of hydrogen-bond donors (Lipinski definition) is 1. The standard InChI is InChI=1S/C10H9N3O/c14-7-8-6-12-13-10(8)5-9-3-1-2-4-11-9/h1-4,6-7H,5H2,(H,12,13). The van der Waals surface area contributed by atoms with Crippen molar-refractivity contribution in [3.63, 3.8) is 0 Å². The van der Waals surface area contributed by atoms with E-state index in [4.69, 9.17) is 0 Å². The van der Waals surface area contributed by atoms with Crippen LogP contribution in [0.1, 0.15) is 21.7 Å². The van der Waals surface area contributed by atoms with Gasteiger partial charge >= 0.3 is 0 Å². The van der Waals surface area contributed by atoms with Crippen LogP contribution in [-0.4, -0.2) is 21.5 Å². The lowest BCUT2D eigenvalue weighted by Gasteiger charge is -1.97. The van der Waals surface area contributed by atoms with Gasteiger partial charge in [0.1, 0.15) is 0 Å². The molecule has 0 aromatic carbocycles. The average Bonchev–Trinajstić information content (AvgIpc) is 2.67. The number of pyridine rings is 1. The Bertz CT molecular complexity index is 422. The van der Waals surface area contributed by atoms with Crippen LogP contribution in [0.4, 0.5) is 0 Å². The van der Waals surface area contributed by atoms with Gasteiger partial charge in [-0.2, -0.15) is 5.10 Å². The summed E-state index contributed by atoms with van der Waals surface area (Å²) < 4.78 is 0. The first kappa shape index (κ1) is 8.62. The number of aromatic amines is 1. The molecule has 2 heterocycles. The van der Waals surface area contributed by atoms with Crippen LogP contribution in [0.25, 0.3) is 0 Å². The van der Waals surface area contributed by atoms with Crippen molar-refractivity contribution >= 4 is 6.29 Å². The Kier molecular flexibility index (Phi) is 2.36. The van der Waals surface area contributed by atoms with Crippen LogP contribution < -0.4 is 0 Å². The molecule has 0 atom stereocenters. The molecule has 0 spiro atoms. The first-order chi connectivity index (χ1) is 6.90. The third-order valence-electron chi connectivity index (χ3n) is 1.96. The van der Waals surface area contributed by atoms with Gasteiger partial charge in [0.15, 0.2) is 6.29 Å². The molecule has 2 aromatic rings. The molecule has 0 aliphatic heterocycles. The van der Waals surface area contributed by atoms with Crippen molar-refractivity contribution in [2.45, 2.75) is 6.42 Å². The van der Waals surface area contributed by atoms with Gasteiger partial charge in [0.05, 0.1) is 17.5 Å². The van der Waals surface area contributed by atoms with Gasteiger partial charge in [-0.25, -0.2) is 0 Å². The molecule has 4 heteroatoms. The van der Waals surface area contributed by atoms with Crippen molar-refractivity contribution in [3.05, 3.63) is 47.5 Å². The highest BCUT2D eigenvalue weighted by atomic mass is 16.1. The van der Waals surface area contributed by atoms with E-state index in [1.54, 1.807) is 6.20 Å². The Morgan fingerprint density at radius 3 is 3.07 bits per heavy atom. The van der Waals surface area contributed by atoms with Gasteiger partial charge in [-0.1, -0.05) is 6.07 Å². The van der Waals surface area contributed by atoms with E-state index in [0.29, 0.717) is 12.0 Å². The lowest BCUT2D eigenvalue weighted by atomic mass is 10.1. The number of nitrogens with one attached hydrogen (secondary N) is 1. The van der Waals surface area contributed by atoms with Crippen molar-refractivity contribution in [3.8, 4) is 0 Å². The fourth-order valence-electron chi connectivity index (χ4n) is 1.25. The Labute approximate surface area is 81.0 Å². The van der Waals surface area contributed by atoms with E-state index >= 15 is 0 Å². The van der Waals surface area contributed by atoms with Crippen molar-refractivity contribution < 1.29 is 4.79 Å². The quantitative estimate of drug-likeness (QED) is 0.734. The molecule has 0 amide bonds. The first-order valence-corrected chi connectivity index (χ1v) is 4.27. The Morgan fingerprint density at radius 2 is 2.36 bits per heavy atom. The van der Waals surface area contributed by atoms with Crippen molar-refractivity contribution in [2.75, 3.05) is 0 Å². The molecule has 14 heavy (non-hydrogen) atoms. The van der Waals surface area contributed by atoms with Crippen LogP contribution in [0.15, 0.2) is 30.6 Å². The Hall–Kier alpha value is -1.97. The highest BCUT2D eigenvalue weighted by Gasteiger charge is 2.04. The second-order valence-electron chi connectivity index (χ2n) is 2.92. The lowest BCUT2D eigenvalue weighted by Crippen LogP contribution is -1.94. The molecular formula is C10H9N3O. The van der Waals surface area contributed by atoms with Crippen LogP contribution in [0.2, 0.25) is 0 Å². The van der Waals surface area contributed by atoms with Crippen LogP contribution in [0.5, 0.6) is 0 Å². The zero-order chi connectivity index (χ0) is 9.80. The normalized spacial score (nSPS) is 10.0. The first-order valence-electron chi connectivity index (χ1n) is 4.27. The Balaban J connectivity index is 2.23. The maximum atomic E-state index is 10.6. The minimum Gasteiger partial charge on any atom is -0.298 e. The number of rotatable bonds is 3. The number of aldehydes is 1. The van der Waals surface area contributed by atoms with Crippen molar-refractivity contribution in [2.24, 2.45) is 0 Å². The predicted molar refractivity (Wildman–Crippen MR) is 51.0 cm³/mol. The fourth-order valence-corrected chi connectivity index (χ4v) is 1.25. The number of aromatic nitrogens is 3. The predicted octanol–water partition coefficient (Wildman–Crippen LogP) is 1.21. The van der Waals surface area contributed by atoms with Gasteiger partial charge in [-0.15, -0.1) is 0 Å². The summed E-state index contributed by atoms with van der Waals surface area (Å²) in [5.74, 6) is 0. The molecule has 0 aliphatic carbocycles. The maximum absolute atomic E-state index is 10.6. The highest BCUT2D eigenvalue weighted by molar-refractivity contribution is 5.76. The summed E-state index contributed by atoms with van der Waals surface area (Å²) in [6.07, 6.45) is 4.65. The Morgan fingerprint density at radius 1 is 1.43 bits per heavy atom. The molecule has 0 saturated heterocycles. The van der Waals surface area contributed by atoms with Crippen LogP contribution in [-0.2, 0) is 6.42 Å². The van der Waals surface area contributed by atoms with E-state index in [-0.39, 0.29) is 0 Å². The van der Waals surface area contributed by atoms with Crippen molar-refractivity contribution in [1.29, 1.82) is 0 Å². The van der Waals surface area contributed by atoms with E-state index in [2.05, 4.69) is 15.2 Å². The van der Waals surface area contributed by atoms with E-state index in [1.165, 1.54) is 6.20 Å². The van der Waals surface area contributed by atoms with Gasteiger partial charge in [0, 0.05) is 18.3 Å². The molecule has 0 saturated carbocycles. The molecule has 0 aliphatic rings. The topological polar surface area (TPSA) is 58.6 Å². The number of H-pyrrole nitrogens is 1. The molecule has 0 radical (unpaired) electrons. The number of carbonyl (C=O) groups is 1. The number of hydrogen-bond acceptors (Lipinski definition) is 3. The van der Waals surface area contributed by atoms with Crippen LogP contribution >= 0.6 is 0 Å². The monoisotopic (exact) mass is 187 g/mol. The summed E-state index contributed by atoms with van der Waals surface area (Å²) in [4.78, 5) is 14.8. The molecular weight excluding hydrogens is 178 g/mol. The van der Waals surface area contributed by atoms with Gasteiger partial charge in [-0.05, 0) is 12.1 Å². The number of carbonyl (C=O) groups excluding carboxylic acids is 1. The fraction of sp³-hybridized carbons (Fsp3) is 0.100. The van der Waals surface area contributed by atoms with E-state index in [1.807, 2.05) is 18.2 Å². The zero-order valence-corrected chi connectivity index (χ0v) is 7.47. The summed E-state index contributed by atoms with van der Waals surface area (Å²) in [6, 6.07) is 5.69. The lowest BCUT2D eigenvalue weighted by molar-refractivity contribution is 0.112. The third-order valence-corrected chi connectivity index (χ3v) is 1.96. The van der Waals surface area contributed by atoms with Crippen LogP contribution in [0.3, 0.4) is 0 Å². The summed E-state index contributed by atoms with van der Waals surface area (Å²) in [7, 11) is 0. The van der Waals surface area contributed by atoms with Gasteiger partial charge in [0.2, 0.25) is 0 Å². The van der Waals surface area contributed by atoms with Crippen LogP contribution in [0, 0.1) is 0 Å². The maximum Gasteiger partial charge on any atom is 0.153 e. The highest BCUT2D eigenvalue weighted by Crippen LogP contribution is 2.07. The molecule has 0 fully saturated rings. The number of nitrogens with zero attached hydrogens (tertiary/aromatic N) is 2. The summed E-state index contributed by atoms with van der Waals surface area (Å²) in [6.45, 7) is 0. The smallest absolute Gasteiger partial charge is 0.153 e. The van der Waals surface area contributed by atoms with Gasteiger partial charge in [-0.3, -0.25) is 14.9 Å². The van der Waals surface area contributed by atoms with E-state index < -0.39 is 0 Å². The summed E-state index contributed by atoms with van der Waals surface area (Å²) >= 11 is 0. The van der Waals surface area contributed by atoms with Crippen molar-refractivity contribution in [1.82, 2.24) is 15.2 Å². The summed E-state index contributed by atoms with van der Waals surface area (Å²) in [5, 5.41) is 6.59. The zero-order valence-electron chi connectivity index (χ0n) is 7.47. The van der Waals surface area contributed by atoms with E-state index in [0.717, 1.165) is 17.7 Å². The molecule has 2 aromatic heterocycles. The molecule has 0 bridgehead atoms. The second kappa shape index (κ2) is 3.83. The summed E-state index contributed by atoms with van der Waals surface area (Å²) in [5.41, 5.74) is 2.31. The minimum atomic E-state index is 0.593. The molecule has 0 unspecified atom stereocenters. The SMILES string of the molecule is O=Cc1cn[nH]c1Cc1ccccn1. The van der Waals surface area contributed by atoms with Gasteiger partial charge < -0.3 is 0 Å². The molecule has 4 nitrogen and oxygen atoms in total. The molecule has 1 N–H and O–H groups in total. The third kappa shape index (κ3) is 1.69. The largest absolute Gasteiger partial charge is 0.298 e. The second-order valence-corrected chi connectivity index (χ2v) is 2.92. The van der Waals surface area contributed by atoms with Gasteiger partial charge in [0.25, 0.3) is 0 Å². The minimum absolute atomic E-state index is 0.593. The average molecular weight is 187 g/mol. The molecule has 70 valence electrons. The van der Waals surface area contributed by atoms with E-state index in [9.17, 15) is 4.79 Å². The molecule has 2 rings (SSSR count).